The van der Waals surface area contributed by atoms with Crippen molar-refractivity contribution in [1.29, 1.82) is 0 Å². The molecule has 4 heteroatoms. The zero-order chi connectivity index (χ0) is 29.8. The molecule has 0 N–H and O–H groups in total. The number of hydrogen-bond acceptors (Lipinski definition) is 0. The number of fused-ring (bicyclic) bond motifs is 6. The summed E-state index contributed by atoms with van der Waals surface area (Å²) in [5, 5.41) is 0. The zero-order valence-corrected chi connectivity index (χ0v) is 27.9. The SMILES string of the molecule is CC(C)[C@H]1c2ccccc2-c2c[n+]3c(c[n+]2[B-]12C1CCCC2CCC1)-c1ccccc1[C@@H](C(C)C)[B-]31C2CCCC1CCC2. The van der Waals surface area contributed by atoms with E-state index in [9.17, 15) is 0 Å². The molecule has 0 radical (unpaired) electrons. The molecule has 0 amide bonds. The second kappa shape index (κ2) is 10.1. The molecule has 0 saturated carbocycles. The minimum Gasteiger partial charge on any atom is -0.409 e. The van der Waals surface area contributed by atoms with Gasteiger partial charge in [0.25, 0.3) is 12.6 Å². The Bertz CT molecular complexity index is 1450. The van der Waals surface area contributed by atoms with Gasteiger partial charge < -0.3 is 8.96 Å². The van der Waals surface area contributed by atoms with Crippen molar-refractivity contribution in [1.82, 2.24) is 0 Å². The van der Waals surface area contributed by atoms with Crippen LogP contribution in [0.25, 0.3) is 22.5 Å². The van der Waals surface area contributed by atoms with Gasteiger partial charge in [0.1, 0.15) is 0 Å². The summed E-state index contributed by atoms with van der Waals surface area (Å²) in [4.78, 5) is 0. The van der Waals surface area contributed by atoms with E-state index >= 15 is 0 Å². The number of nitrogens with zero attached hydrogens (tertiary/aromatic N) is 2. The van der Waals surface area contributed by atoms with Crippen molar-refractivity contribution in [2.24, 2.45) is 11.8 Å². The fourth-order valence-corrected chi connectivity index (χ4v) is 14.7. The summed E-state index contributed by atoms with van der Waals surface area (Å²) in [5.41, 5.74) is 9.61. The van der Waals surface area contributed by atoms with Gasteiger partial charge in [-0.25, -0.2) is 0 Å². The van der Waals surface area contributed by atoms with Gasteiger partial charge in [-0.05, 0) is 12.1 Å². The molecule has 0 unspecified atom stereocenters. The highest BCUT2D eigenvalue weighted by molar-refractivity contribution is 6.78. The molecule has 4 saturated heterocycles. The number of hydrogen-bond donors (Lipinski definition) is 0. The molecular weight excluding hydrogens is 530 g/mol. The molecular formula is C40H54B2N2. The summed E-state index contributed by atoms with van der Waals surface area (Å²) in [7, 11) is 0. The standard InChI is InChI=1S/C40H54B2N2/c1-27(2)39-35-23-7-5-21-33(35)37-26-44-38(25-43(37)41(39)29-13-9-14-30(41)16-10-15-29)34-22-6-8-24-36(34)40(28(3)4)42(44)31-17-11-18-32(42)20-12-19-31/h5-8,21-32,39-40H,9-20H2,1-4H3/t29?,30?,31?,32?,39-,40+,41?,42?. The van der Waals surface area contributed by atoms with Gasteiger partial charge in [-0.1, -0.05) is 199 Å². The Labute approximate surface area is 266 Å². The lowest BCUT2D eigenvalue weighted by atomic mass is 9.09. The Hall–Kier alpha value is -2.35. The predicted octanol–water partition coefficient (Wildman–Crippen LogP) is 9.98. The number of benzene rings is 2. The van der Waals surface area contributed by atoms with Crippen LogP contribution in [0, 0.1) is 11.8 Å². The molecule has 2 aromatic carbocycles. The van der Waals surface area contributed by atoms with Crippen molar-refractivity contribution >= 4 is 12.6 Å². The van der Waals surface area contributed by atoms with Crippen LogP contribution in [-0.4, -0.2) is 12.6 Å². The molecule has 4 fully saturated rings. The fourth-order valence-electron chi connectivity index (χ4n) is 14.7. The van der Waals surface area contributed by atoms with Crippen LogP contribution in [0.5, 0.6) is 0 Å². The average Bonchev–Trinajstić information content (AvgIpc) is 3.00. The molecule has 2 nitrogen and oxygen atoms in total. The summed E-state index contributed by atoms with van der Waals surface area (Å²) < 4.78 is 6.11. The second-order valence-electron chi connectivity index (χ2n) is 17.4. The Morgan fingerprint density at radius 1 is 0.500 bits per heavy atom. The van der Waals surface area contributed by atoms with Gasteiger partial charge in [0.05, 0.1) is 0 Å². The van der Waals surface area contributed by atoms with Crippen molar-refractivity contribution in [3.8, 4) is 22.5 Å². The summed E-state index contributed by atoms with van der Waals surface area (Å²) in [6.45, 7) is 10.2. The van der Waals surface area contributed by atoms with Gasteiger partial charge >= 0.3 is 0 Å². The third-order valence-corrected chi connectivity index (χ3v) is 15.4. The van der Waals surface area contributed by atoms with Crippen LogP contribution in [0.15, 0.2) is 60.9 Å². The molecule has 6 aliphatic heterocycles. The number of rotatable bonds is 2. The Kier molecular flexibility index (Phi) is 6.39. The smallest absolute Gasteiger partial charge is 0.292 e. The molecule has 6 aliphatic rings. The largest absolute Gasteiger partial charge is 0.409 e. The molecule has 0 aliphatic carbocycles. The van der Waals surface area contributed by atoms with E-state index in [0.717, 1.165) is 23.3 Å². The summed E-state index contributed by atoms with van der Waals surface area (Å²) >= 11 is 0. The fraction of sp³-hybridized carbons (Fsp3) is 0.600. The van der Waals surface area contributed by atoms with Crippen molar-refractivity contribution in [3.05, 3.63) is 72.1 Å². The predicted molar refractivity (Wildman–Crippen MR) is 186 cm³/mol. The van der Waals surface area contributed by atoms with Gasteiger partial charge in [0.2, 0.25) is 11.4 Å². The van der Waals surface area contributed by atoms with Crippen LogP contribution in [0.1, 0.15) is 128 Å². The minimum absolute atomic E-state index is 0.637. The zero-order valence-electron chi connectivity index (χ0n) is 27.9. The van der Waals surface area contributed by atoms with Crippen LogP contribution < -0.4 is 8.96 Å². The molecule has 44 heavy (non-hydrogen) atoms. The van der Waals surface area contributed by atoms with Crippen LogP contribution >= 0.6 is 0 Å². The van der Waals surface area contributed by atoms with Crippen molar-refractivity contribution < 1.29 is 8.96 Å². The molecule has 9 rings (SSSR count). The summed E-state index contributed by atoms with van der Waals surface area (Å²) in [5.74, 6) is 5.92. The monoisotopic (exact) mass is 584 g/mol. The van der Waals surface area contributed by atoms with Gasteiger partial charge in [0, 0.05) is 11.1 Å². The summed E-state index contributed by atoms with van der Waals surface area (Å²) in [6, 6.07) is 19.5. The van der Waals surface area contributed by atoms with E-state index in [2.05, 4.69) is 97.6 Å². The van der Waals surface area contributed by atoms with E-state index in [4.69, 9.17) is 0 Å². The quantitative estimate of drug-likeness (QED) is 0.265. The second-order valence-corrected chi connectivity index (χ2v) is 17.4. The third kappa shape index (κ3) is 3.42. The third-order valence-electron chi connectivity index (χ3n) is 15.4. The Morgan fingerprint density at radius 3 is 1.14 bits per heavy atom. The molecule has 7 heterocycles. The first-order valence-electron chi connectivity index (χ1n) is 19.0. The van der Waals surface area contributed by atoms with Crippen molar-refractivity contribution in [2.45, 2.75) is 140 Å². The van der Waals surface area contributed by atoms with Gasteiger partial charge in [-0.15, -0.1) is 0 Å². The number of aromatic nitrogens is 2. The lowest BCUT2D eigenvalue weighted by molar-refractivity contribution is -0.601. The van der Waals surface area contributed by atoms with E-state index in [1.165, 1.54) is 77.0 Å². The van der Waals surface area contributed by atoms with Gasteiger partial charge in [-0.2, -0.15) is 0 Å². The molecule has 1 aromatic heterocycles. The highest BCUT2D eigenvalue weighted by Crippen LogP contribution is 2.63. The Balaban J connectivity index is 1.42. The van der Waals surface area contributed by atoms with E-state index in [1.807, 2.05) is 0 Å². The molecule has 230 valence electrons. The maximum atomic E-state index is 3.06. The lowest BCUT2D eigenvalue weighted by Crippen LogP contribution is -2.81. The average molecular weight is 585 g/mol. The van der Waals surface area contributed by atoms with E-state index in [0.29, 0.717) is 23.5 Å². The van der Waals surface area contributed by atoms with E-state index in [1.54, 1.807) is 33.6 Å². The van der Waals surface area contributed by atoms with Crippen LogP contribution in [0.3, 0.4) is 0 Å². The molecule has 2 atom stereocenters. The van der Waals surface area contributed by atoms with Crippen LogP contribution in [0.2, 0.25) is 23.3 Å². The minimum atomic E-state index is -0.785. The maximum Gasteiger partial charge on any atom is 0.292 e. The van der Waals surface area contributed by atoms with Crippen LogP contribution in [-0.2, 0) is 0 Å². The first-order valence-corrected chi connectivity index (χ1v) is 19.0. The van der Waals surface area contributed by atoms with Crippen molar-refractivity contribution in [2.75, 3.05) is 0 Å². The Morgan fingerprint density at radius 2 is 0.818 bits per heavy atom. The highest BCUT2D eigenvalue weighted by Gasteiger charge is 2.65. The normalized spacial score (nSPS) is 36.6. The topological polar surface area (TPSA) is 7.76 Å². The molecule has 4 bridgehead atoms. The van der Waals surface area contributed by atoms with Gasteiger partial charge in [0.15, 0.2) is 12.4 Å². The molecule has 3 aromatic rings. The lowest BCUT2D eigenvalue weighted by Gasteiger charge is -2.62. The van der Waals surface area contributed by atoms with E-state index in [-0.39, 0.29) is 0 Å². The highest BCUT2D eigenvalue weighted by atomic mass is 15.1. The van der Waals surface area contributed by atoms with Crippen molar-refractivity contribution in [3.63, 3.8) is 0 Å². The first kappa shape index (κ1) is 27.9. The first-order chi connectivity index (χ1) is 21.5. The molecule has 2 spiro atoms. The van der Waals surface area contributed by atoms with E-state index < -0.39 is 12.6 Å². The summed E-state index contributed by atoms with van der Waals surface area (Å²) in [6.07, 6.45) is 21.3. The van der Waals surface area contributed by atoms with Gasteiger partial charge in [-0.3, -0.25) is 0 Å². The maximum absolute atomic E-state index is 3.06. The van der Waals surface area contributed by atoms with Crippen LogP contribution in [0.4, 0.5) is 0 Å².